The van der Waals surface area contributed by atoms with Crippen molar-refractivity contribution in [2.45, 2.75) is 32.2 Å². The Balaban J connectivity index is 1.63. The van der Waals surface area contributed by atoms with Gasteiger partial charge < -0.3 is 25.6 Å². The van der Waals surface area contributed by atoms with E-state index < -0.39 is 17.8 Å². The van der Waals surface area contributed by atoms with Gasteiger partial charge >= 0.3 is 6.03 Å². The molecule has 0 spiro atoms. The molecule has 0 bridgehead atoms. The standard InChI is InChI=1S/C26H33FN4O4/c1-18-8-10-20(11-9-18)29-26(34)31-15-12-19(13-16-31)23(25(33)28-14-5-17-35-2)30-24(32)21-6-3-4-7-22(21)27/h3-4,6-11,19,23H,5,12-17H2,1-2H3,(H,28,33)(H,29,34)(H,30,32)/t23-/m1/s1. The van der Waals surface area contributed by atoms with Crippen LogP contribution in [0.25, 0.3) is 0 Å². The maximum atomic E-state index is 14.1. The van der Waals surface area contributed by atoms with Crippen LogP contribution in [0.4, 0.5) is 14.9 Å². The van der Waals surface area contributed by atoms with E-state index in [9.17, 15) is 18.8 Å². The Bertz CT molecular complexity index is 1010. The minimum Gasteiger partial charge on any atom is -0.385 e. The Labute approximate surface area is 205 Å². The number of ether oxygens (including phenoxy) is 1. The number of methoxy groups -OCH3 is 1. The Morgan fingerprint density at radius 3 is 2.43 bits per heavy atom. The van der Waals surface area contributed by atoms with Gasteiger partial charge in [0.05, 0.1) is 5.56 Å². The predicted molar refractivity (Wildman–Crippen MR) is 132 cm³/mol. The first-order valence-corrected chi connectivity index (χ1v) is 11.8. The number of hydrogen-bond donors (Lipinski definition) is 3. The van der Waals surface area contributed by atoms with Crippen molar-refractivity contribution in [1.82, 2.24) is 15.5 Å². The third-order valence-corrected chi connectivity index (χ3v) is 6.11. The summed E-state index contributed by atoms with van der Waals surface area (Å²) in [6, 6.07) is 12.2. The first-order valence-electron chi connectivity index (χ1n) is 11.8. The quantitative estimate of drug-likeness (QED) is 0.476. The summed E-state index contributed by atoms with van der Waals surface area (Å²) in [7, 11) is 1.59. The lowest BCUT2D eigenvalue weighted by molar-refractivity contribution is -0.124. The van der Waals surface area contributed by atoms with Crippen LogP contribution in [0.5, 0.6) is 0 Å². The van der Waals surface area contributed by atoms with Crippen LogP contribution in [0.1, 0.15) is 35.2 Å². The molecular weight excluding hydrogens is 451 g/mol. The number of hydrogen-bond acceptors (Lipinski definition) is 4. The van der Waals surface area contributed by atoms with Gasteiger partial charge in [-0.3, -0.25) is 9.59 Å². The number of anilines is 1. The maximum absolute atomic E-state index is 14.1. The molecule has 3 rings (SSSR count). The van der Waals surface area contributed by atoms with E-state index in [0.717, 1.165) is 5.56 Å². The fourth-order valence-electron chi connectivity index (χ4n) is 4.08. The molecule has 35 heavy (non-hydrogen) atoms. The topological polar surface area (TPSA) is 99.8 Å². The van der Waals surface area contributed by atoms with Crippen LogP contribution < -0.4 is 16.0 Å². The molecule has 1 atom stereocenters. The molecule has 2 aromatic carbocycles. The van der Waals surface area contributed by atoms with Crippen molar-refractivity contribution in [2.75, 3.05) is 38.7 Å². The monoisotopic (exact) mass is 484 g/mol. The molecule has 1 fully saturated rings. The highest BCUT2D eigenvalue weighted by Gasteiger charge is 2.34. The molecule has 4 amide bonds. The minimum absolute atomic E-state index is 0.111. The first-order chi connectivity index (χ1) is 16.9. The molecule has 0 aromatic heterocycles. The number of carbonyl (C=O) groups is 3. The molecule has 0 unspecified atom stereocenters. The summed E-state index contributed by atoms with van der Waals surface area (Å²) in [4.78, 5) is 40.1. The number of urea groups is 1. The van der Waals surface area contributed by atoms with Crippen LogP contribution in [0, 0.1) is 18.7 Å². The third-order valence-electron chi connectivity index (χ3n) is 6.11. The van der Waals surface area contributed by atoms with Crippen LogP contribution >= 0.6 is 0 Å². The van der Waals surface area contributed by atoms with Crippen molar-refractivity contribution in [1.29, 1.82) is 0 Å². The SMILES string of the molecule is COCCCNC(=O)[C@H](NC(=O)c1ccccc1F)C1CCN(C(=O)Nc2ccc(C)cc2)CC1. The fraction of sp³-hybridized carbons (Fsp3) is 0.423. The van der Waals surface area contributed by atoms with Gasteiger partial charge in [-0.25, -0.2) is 9.18 Å². The lowest BCUT2D eigenvalue weighted by Gasteiger charge is -2.35. The molecule has 1 aliphatic rings. The second kappa shape index (κ2) is 12.9. The van der Waals surface area contributed by atoms with Gasteiger partial charge in [0.25, 0.3) is 5.91 Å². The highest BCUT2D eigenvalue weighted by molar-refractivity contribution is 5.98. The van der Waals surface area contributed by atoms with E-state index in [-0.39, 0.29) is 23.4 Å². The van der Waals surface area contributed by atoms with Gasteiger partial charge in [0.1, 0.15) is 11.9 Å². The summed E-state index contributed by atoms with van der Waals surface area (Å²) in [6.07, 6.45) is 1.68. The van der Waals surface area contributed by atoms with Crippen molar-refractivity contribution in [3.05, 3.63) is 65.5 Å². The van der Waals surface area contributed by atoms with Crippen molar-refractivity contribution in [2.24, 2.45) is 5.92 Å². The smallest absolute Gasteiger partial charge is 0.321 e. The number of halogens is 1. The highest BCUT2D eigenvalue weighted by Crippen LogP contribution is 2.23. The van der Waals surface area contributed by atoms with Gasteiger partial charge in [-0.15, -0.1) is 0 Å². The molecule has 1 aliphatic heterocycles. The number of carbonyl (C=O) groups excluding carboxylic acids is 3. The fourth-order valence-corrected chi connectivity index (χ4v) is 4.08. The van der Waals surface area contributed by atoms with Crippen LogP contribution in [-0.4, -0.2) is 62.1 Å². The minimum atomic E-state index is -0.841. The number of nitrogens with zero attached hydrogens (tertiary/aromatic N) is 1. The molecule has 1 heterocycles. The average Bonchev–Trinajstić information content (AvgIpc) is 2.86. The molecule has 0 aliphatic carbocycles. The van der Waals surface area contributed by atoms with Crippen molar-refractivity contribution >= 4 is 23.5 Å². The van der Waals surface area contributed by atoms with E-state index in [4.69, 9.17) is 4.74 Å². The van der Waals surface area contributed by atoms with Crippen LogP contribution in [-0.2, 0) is 9.53 Å². The predicted octanol–water partition coefficient (Wildman–Crippen LogP) is 3.33. The molecule has 0 saturated carbocycles. The summed E-state index contributed by atoms with van der Waals surface area (Å²) in [5.74, 6) is -1.81. The zero-order chi connectivity index (χ0) is 25.2. The molecule has 188 valence electrons. The van der Waals surface area contributed by atoms with Gasteiger partial charge in [-0.05, 0) is 56.4 Å². The van der Waals surface area contributed by atoms with Gasteiger partial charge in [-0.1, -0.05) is 29.8 Å². The summed E-state index contributed by atoms with van der Waals surface area (Å²) < 4.78 is 19.1. The molecule has 0 radical (unpaired) electrons. The molecule has 1 saturated heterocycles. The lowest BCUT2D eigenvalue weighted by Crippen LogP contribution is -2.54. The van der Waals surface area contributed by atoms with Crippen LogP contribution in [0.2, 0.25) is 0 Å². The van der Waals surface area contributed by atoms with Gasteiger partial charge in [-0.2, -0.15) is 0 Å². The van der Waals surface area contributed by atoms with Crippen molar-refractivity contribution in [3.8, 4) is 0 Å². The highest BCUT2D eigenvalue weighted by atomic mass is 19.1. The van der Waals surface area contributed by atoms with E-state index in [1.807, 2.05) is 31.2 Å². The molecule has 8 nitrogen and oxygen atoms in total. The number of benzene rings is 2. The maximum Gasteiger partial charge on any atom is 0.321 e. The van der Waals surface area contributed by atoms with Gasteiger partial charge in [0.2, 0.25) is 5.91 Å². The second-order valence-electron chi connectivity index (χ2n) is 8.69. The average molecular weight is 485 g/mol. The number of rotatable bonds is 9. The Morgan fingerprint density at radius 1 is 1.09 bits per heavy atom. The van der Waals surface area contributed by atoms with Crippen LogP contribution in [0.15, 0.2) is 48.5 Å². The molecule has 2 aromatic rings. The number of amides is 4. The Hall–Kier alpha value is -3.46. The van der Waals surface area contributed by atoms with Gasteiger partial charge in [0.15, 0.2) is 0 Å². The third kappa shape index (κ3) is 7.51. The molecule has 3 N–H and O–H groups in total. The summed E-state index contributed by atoms with van der Waals surface area (Å²) in [6.45, 7) is 3.75. The van der Waals surface area contributed by atoms with Crippen molar-refractivity contribution < 1.29 is 23.5 Å². The summed E-state index contributed by atoms with van der Waals surface area (Å²) in [5, 5.41) is 8.46. The molecular formula is C26H33FN4O4. The number of nitrogens with one attached hydrogen (secondary N) is 3. The summed E-state index contributed by atoms with van der Waals surface area (Å²) in [5.41, 5.74) is 1.71. The summed E-state index contributed by atoms with van der Waals surface area (Å²) >= 11 is 0. The second-order valence-corrected chi connectivity index (χ2v) is 8.69. The number of aryl methyl sites for hydroxylation is 1. The van der Waals surface area contributed by atoms with E-state index in [1.165, 1.54) is 18.2 Å². The number of piperidine rings is 1. The normalized spacial score (nSPS) is 14.8. The van der Waals surface area contributed by atoms with Crippen molar-refractivity contribution in [3.63, 3.8) is 0 Å². The van der Waals surface area contributed by atoms with E-state index in [0.29, 0.717) is 51.2 Å². The first kappa shape index (κ1) is 26.2. The Kier molecular flexibility index (Phi) is 9.60. The molecule has 9 heteroatoms. The largest absolute Gasteiger partial charge is 0.385 e. The van der Waals surface area contributed by atoms with Crippen LogP contribution in [0.3, 0.4) is 0 Å². The van der Waals surface area contributed by atoms with E-state index >= 15 is 0 Å². The zero-order valence-corrected chi connectivity index (χ0v) is 20.2. The zero-order valence-electron chi connectivity index (χ0n) is 20.2. The van der Waals surface area contributed by atoms with E-state index in [2.05, 4.69) is 16.0 Å². The lowest BCUT2D eigenvalue weighted by atomic mass is 9.88. The number of likely N-dealkylation sites (tertiary alicyclic amines) is 1. The Morgan fingerprint density at radius 2 is 1.77 bits per heavy atom. The van der Waals surface area contributed by atoms with E-state index in [1.54, 1.807) is 18.1 Å². The van der Waals surface area contributed by atoms with Gasteiger partial charge in [0, 0.05) is 39.0 Å².